The Morgan fingerprint density at radius 1 is 1.14 bits per heavy atom. The minimum atomic E-state index is 0.00312. The van der Waals surface area contributed by atoms with Gasteiger partial charge < -0.3 is 14.8 Å². The summed E-state index contributed by atoms with van der Waals surface area (Å²) in [5.74, 6) is 0.210. The summed E-state index contributed by atoms with van der Waals surface area (Å²) in [6.07, 6.45) is 3.14. The summed E-state index contributed by atoms with van der Waals surface area (Å²) in [7, 11) is 0. The van der Waals surface area contributed by atoms with Crippen molar-refractivity contribution in [2.45, 2.75) is 33.6 Å². The van der Waals surface area contributed by atoms with Crippen molar-refractivity contribution in [1.82, 2.24) is 14.8 Å². The third-order valence-electron chi connectivity index (χ3n) is 3.65. The molecule has 116 valence electrons. The van der Waals surface area contributed by atoms with Crippen molar-refractivity contribution in [1.29, 1.82) is 0 Å². The van der Waals surface area contributed by atoms with E-state index in [0.717, 1.165) is 13.0 Å². The van der Waals surface area contributed by atoms with E-state index < -0.39 is 0 Å². The van der Waals surface area contributed by atoms with Gasteiger partial charge in [-0.05, 0) is 24.0 Å². The van der Waals surface area contributed by atoms with Crippen LogP contribution >= 0.6 is 0 Å². The van der Waals surface area contributed by atoms with Crippen LogP contribution < -0.4 is 0 Å². The normalized spacial score (nSPS) is 16.7. The summed E-state index contributed by atoms with van der Waals surface area (Å²) in [5.41, 5.74) is 0.618. The number of carbonyl (C=O) groups is 2. The second-order valence-electron chi connectivity index (χ2n) is 6.85. The first-order valence-corrected chi connectivity index (χ1v) is 7.57. The third-order valence-corrected chi connectivity index (χ3v) is 3.65. The maximum atomic E-state index is 12.3. The predicted octanol–water partition coefficient (Wildman–Crippen LogP) is 2.13. The Morgan fingerprint density at radius 3 is 2.43 bits per heavy atom. The molecule has 1 saturated heterocycles. The van der Waals surface area contributed by atoms with Gasteiger partial charge in [0.05, 0.1) is 0 Å². The molecule has 2 rings (SSSR count). The van der Waals surface area contributed by atoms with E-state index in [0.29, 0.717) is 31.7 Å². The fraction of sp³-hybridized carbons (Fsp3) is 0.625. The molecule has 0 unspecified atom stereocenters. The lowest BCUT2D eigenvalue weighted by Crippen LogP contribution is -2.38. The van der Waals surface area contributed by atoms with E-state index in [1.54, 1.807) is 12.3 Å². The van der Waals surface area contributed by atoms with Crippen molar-refractivity contribution in [3.8, 4) is 0 Å². The van der Waals surface area contributed by atoms with E-state index in [-0.39, 0.29) is 17.2 Å². The molecular formula is C16H25N3O2. The Kier molecular flexibility index (Phi) is 4.70. The van der Waals surface area contributed by atoms with E-state index in [9.17, 15) is 9.59 Å². The summed E-state index contributed by atoms with van der Waals surface area (Å²) in [6.45, 7) is 8.90. The molecule has 1 fully saturated rings. The number of nitrogens with one attached hydrogen (secondary N) is 1. The molecule has 1 aliphatic rings. The summed E-state index contributed by atoms with van der Waals surface area (Å²) < 4.78 is 0. The largest absolute Gasteiger partial charge is 0.357 e. The predicted molar refractivity (Wildman–Crippen MR) is 82.0 cm³/mol. The van der Waals surface area contributed by atoms with E-state index in [1.165, 1.54) is 0 Å². The zero-order valence-corrected chi connectivity index (χ0v) is 13.2. The Morgan fingerprint density at radius 2 is 1.81 bits per heavy atom. The van der Waals surface area contributed by atoms with Crippen LogP contribution in [0, 0.1) is 5.41 Å². The molecule has 1 N–H and O–H groups in total. The highest BCUT2D eigenvalue weighted by Crippen LogP contribution is 2.20. The number of aromatic nitrogens is 1. The van der Waals surface area contributed by atoms with Gasteiger partial charge >= 0.3 is 0 Å². The van der Waals surface area contributed by atoms with Crippen molar-refractivity contribution >= 4 is 11.8 Å². The number of carbonyl (C=O) groups excluding carboxylic acids is 2. The average Bonchev–Trinajstić information content (AvgIpc) is 2.80. The van der Waals surface area contributed by atoms with E-state index in [1.807, 2.05) is 15.9 Å². The highest BCUT2D eigenvalue weighted by Gasteiger charge is 2.25. The van der Waals surface area contributed by atoms with Crippen LogP contribution in [0.4, 0.5) is 0 Å². The minimum Gasteiger partial charge on any atom is -0.357 e. The van der Waals surface area contributed by atoms with Gasteiger partial charge in [0.2, 0.25) is 5.91 Å². The van der Waals surface area contributed by atoms with Gasteiger partial charge in [-0.3, -0.25) is 9.59 Å². The Labute approximate surface area is 126 Å². The second kappa shape index (κ2) is 6.33. The van der Waals surface area contributed by atoms with Crippen molar-refractivity contribution in [3.05, 3.63) is 24.0 Å². The standard InChI is InChI=1S/C16H25N3O2/c1-16(2,3)12-14(20)18-8-5-9-19(11-10-18)15(21)13-6-4-7-17-13/h4,6-7,17H,5,8-12H2,1-3H3. The number of amides is 2. The van der Waals surface area contributed by atoms with Crippen LogP contribution in [0.3, 0.4) is 0 Å². The lowest BCUT2D eigenvalue weighted by molar-refractivity contribution is -0.132. The highest BCUT2D eigenvalue weighted by molar-refractivity contribution is 5.92. The third kappa shape index (κ3) is 4.34. The van der Waals surface area contributed by atoms with E-state index >= 15 is 0 Å². The summed E-state index contributed by atoms with van der Waals surface area (Å²) in [6, 6.07) is 3.61. The Hall–Kier alpha value is -1.78. The van der Waals surface area contributed by atoms with Gasteiger partial charge in [-0.2, -0.15) is 0 Å². The molecule has 0 radical (unpaired) electrons. The lowest BCUT2D eigenvalue weighted by Gasteiger charge is -2.25. The van der Waals surface area contributed by atoms with Crippen LogP contribution in [0.5, 0.6) is 0 Å². The van der Waals surface area contributed by atoms with Crippen LogP contribution in [0.2, 0.25) is 0 Å². The van der Waals surface area contributed by atoms with Crippen LogP contribution in [0.15, 0.2) is 18.3 Å². The summed E-state index contributed by atoms with van der Waals surface area (Å²) >= 11 is 0. The molecule has 1 aromatic rings. The van der Waals surface area contributed by atoms with Crippen LogP contribution in [0.25, 0.3) is 0 Å². The van der Waals surface area contributed by atoms with E-state index in [4.69, 9.17) is 0 Å². The molecule has 2 amide bonds. The average molecular weight is 291 g/mol. The van der Waals surface area contributed by atoms with Gasteiger partial charge in [-0.15, -0.1) is 0 Å². The lowest BCUT2D eigenvalue weighted by atomic mass is 9.91. The first-order valence-electron chi connectivity index (χ1n) is 7.57. The molecule has 2 heterocycles. The SMILES string of the molecule is CC(C)(C)CC(=O)N1CCCN(C(=O)c2ccc[nH]2)CC1. The number of aromatic amines is 1. The molecule has 0 saturated carbocycles. The topological polar surface area (TPSA) is 56.4 Å². The fourth-order valence-electron chi connectivity index (χ4n) is 2.57. The Bertz CT molecular complexity index is 488. The fourth-order valence-corrected chi connectivity index (χ4v) is 2.57. The first kappa shape index (κ1) is 15.6. The second-order valence-corrected chi connectivity index (χ2v) is 6.85. The molecule has 0 atom stereocenters. The van der Waals surface area contributed by atoms with Crippen molar-refractivity contribution in [3.63, 3.8) is 0 Å². The Balaban J connectivity index is 1.93. The van der Waals surface area contributed by atoms with Gasteiger partial charge in [0.25, 0.3) is 5.91 Å². The monoisotopic (exact) mass is 291 g/mol. The number of rotatable bonds is 2. The molecule has 21 heavy (non-hydrogen) atoms. The van der Waals surface area contributed by atoms with Crippen LogP contribution in [-0.2, 0) is 4.79 Å². The van der Waals surface area contributed by atoms with E-state index in [2.05, 4.69) is 25.8 Å². The van der Waals surface area contributed by atoms with Crippen molar-refractivity contribution in [2.75, 3.05) is 26.2 Å². The first-order chi connectivity index (χ1) is 9.87. The number of nitrogens with zero attached hydrogens (tertiary/aromatic N) is 2. The van der Waals surface area contributed by atoms with Gasteiger partial charge in [0.15, 0.2) is 0 Å². The molecule has 0 bridgehead atoms. The molecule has 1 aromatic heterocycles. The van der Waals surface area contributed by atoms with Gasteiger partial charge in [-0.25, -0.2) is 0 Å². The molecule has 0 aromatic carbocycles. The molecule has 5 nitrogen and oxygen atoms in total. The molecule has 5 heteroatoms. The van der Waals surface area contributed by atoms with Crippen LogP contribution in [-0.4, -0.2) is 52.8 Å². The number of H-pyrrole nitrogens is 1. The molecule has 0 spiro atoms. The highest BCUT2D eigenvalue weighted by atomic mass is 16.2. The molecule has 0 aliphatic carbocycles. The zero-order chi connectivity index (χ0) is 15.5. The minimum absolute atomic E-state index is 0.00312. The van der Waals surface area contributed by atoms with Gasteiger partial charge in [0, 0.05) is 38.8 Å². The quantitative estimate of drug-likeness (QED) is 0.907. The maximum absolute atomic E-state index is 12.3. The smallest absolute Gasteiger partial charge is 0.270 e. The molecule has 1 aliphatic heterocycles. The van der Waals surface area contributed by atoms with Gasteiger partial charge in [-0.1, -0.05) is 20.8 Å². The maximum Gasteiger partial charge on any atom is 0.270 e. The number of hydrogen-bond acceptors (Lipinski definition) is 2. The van der Waals surface area contributed by atoms with Crippen molar-refractivity contribution < 1.29 is 9.59 Å². The van der Waals surface area contributed by atoms with Crippen molar-refractivity contribution in [2.24, 2.45) is 5.41 Å². The van der Waals surface area contributed by atoms with Crippen LogP contribution in [0.1, 0.15) is 44.1 Å². The molecular weight excluding hydrogens is 266 g/mol. The summed E-state index contributed by atoms with van der Waals surface area (Å²) in [5, 5.41) is 0. The number of hydrogen-bond donors (Lipinski definition) is 1. The zero-order valence-electron chi connectivity index (χ0n) is 13.2. The van der Waals surface area contributed by atoms with Gasteiger partial charge in [0.1, 0.15) is 5.69 Å². The summed E-state index contributed by atoms with van der Waals surface area (Å²) in [4.78, 5) is 31.3.